The number of hydrogen-bond acceptors (Lipinski definition) is 5. The van der Waals surface area contributed by atoms with Gasteiger partial charge in [-0.25, -0.2) is 22.2 Å². The van der Waals surface area contributed by atoms with Crippen LogP contribution in [0.3, 0.4) is 0 Å². The first kappa shape index (κ1) is 20.2. The number of aliphatic carboxylic acids is 1. The lowest BCUT2D eigenvalue weighted by Gasteiger charge is -2.09. The molecule has 0 aliphatic rings. The fraction of sp³-hybridized carbons (Fsp3) is 0.278. The number of benzene rings is 1. The van der Waals surface area contributed by atoms with Gasteiger partial charge in [0.15, 0.2) is 0 Å². The van der Waals surface area contributed by atoms with Crippen LogP contribution in [0.5, 0.6) is 0 Å². The van der Waals surface area contributed by atoms with E-state index in [-0.39, 0.29) is 17.0 Å². The Kier molecular flexibility index (Phi) is 6.02. The molecule has 1 heterocycles. The summed E-state index contributed by atoms with van der Waals surface area (Å²) in [5.41, 5.74) is 1.47. The van der Waals surface area contributed by atoms with Crippen molar-refractivity contribution in [3.05, 3.63) is 47.5 Å². The summed E-state index contributed by atoms with van der Waals surface area (Å²) < 4.78 is 26.5. The summed E-state index contributed by atoms with van der Waals surface area (Å²) >= 11 is 0. The van der Waals surface area contributed by atoms with Gasteiger partial charge in [0, 0.05) is 13.3 Å². The first-order chi connectivity index (χ1) is 12.6. The lowest BCUT2D eigenvalue weighted by Crippen LogP contribution is -2.39. The maximum absolute atomic E-state index is 12.7. The number of hydrogen-bond donors (Lipinski definition) is 2. The van der Waals surface area contributed by atoms with Crippen LogP contribution in [0, 0.1) is 25.7 Å². The van der Waals surface area contributed by atoms with Crippen molar-refractivity contribution in [3.63, 3.8) is 0 Å². The standard InChI is InChI=1S/C18H19N3O5S/c1-12-7-9-15(10-8-12)27(25,26)21-11-19-16(13(21)2)5-4-6-17(18(23)24)20-14(3)22/h7-11,17H,6H2,1-3H3,(H,20,22)(H,23,24). The maximum Gasteiger partial charge on any atom is 0.327 e. The third-order valence-corrected chi connectivity index (χ3v) is 5.49. The van der Waals surface area contributed by atoms with Crippen molar-refractivity contribution < 1.29 is 23.1 Å². The van der Waals surface area contributed by atoms with Crippen LogP contribution in [0.15, 0.2) is 35.5 Å². The Hall–Kier alpha value is -3.12. The van der Waals surface area contributed by atoms with Crippen LogP contribution in [0.4, 0.5) is 0 Å². The summed E-state index contributed by atoms with van der Waals surface area (Å²) in [4.78, 5) is 26.2. The van der Waals surface area contributed by atoms with E-state index in [2.05, 4.69) is 22.1 Å². The van der Waals surface area contributed by atoms with Crippen molar-refractivity contribution in [2.75, 3.05) is 0 Å². The number of aryl methyl sites for hydroxylation is 1. The Morgan fingerprint density at radius 1 is 1.26 bits per heavy atom. The molecule has 1 atom stereocenters. The number of carboxylic acid groups (broad SMARTS) is 1. The van der Waals surface area contributed by atoms with E-state index in [1.807, 2.05) is 6.92 Å². The van der Waals surface area contributed by atoms with Crippen LogP contribution in [0.25, 0.3) is 0 Å². The minimum Gasteiger partial charge on any atom is -0.480 e. The number of rotatable bonds is 5. The molecular formula is C18H19N3O5S. The Balaban J connectivity index is 2.26. The summed E-state index contributed by atoms with van der Waals surface area (Å²) in [5.74, 6) is 3.61. The molecule has 1 unspecified atom stereocenters. The van der Waals surface area contributed by atoms with E-state index < -0.39 is 27.9 Å². The van der Waals surface area contributed by atoms with Gasteiger partial charge >= 0.3 is 5.97 Å². The van der Waals surface area contributed by atoms with Gasteiger partial charge in [-0.2, -0.15) is 0 Å². The zero-order valence-electron chi connectivity index (χ0n) is 15.1. The Morgan fingerprint density at radius 3 is 2.44 bits per heavy atom. The summed E-state index contributed by atoms with van der Waals surface area (Å²) in [6.45, 7) is 4.63. The largest absolute Gasteiger partial charge is 0.480 e. The van der Waals surface area contributed by atoms with Crippen molar-refractivity contribution in [1.82, 2.24) is 14.3 Å². The number of nitrogens with zero attached hydrogens (tertiary/aromatic N) is 2. The minimum atomic E-state index is -3.80. The summed E-state index contributed by atoms with van der Waals surface area (Å²) in [6.07, 6.45) is 1.03. The molecule has 0 fully saturated rings. The average Bonchev–Trinajstić information content (AvgIpc) is 2.95. The van der Waals surface area contributed by atoms with E-state index in [0.717, 1.165) is 15.9 Å². The highest BCUT2D eigenvalue weighted by Gasteiger charge is 2.20. The van der Waals surface area contributed by atoms with Crippen molar-refractivity contribution >= 4 is 21.9 Å². The number of aromatic nitrogens is 2. The third-order valence-electron chi connectivity index (χ3n) is 3.73. The zero-order chi connectivity index (χ0) is 20.2. The molecule has 2 rings (SSSR count). The number of carbonyl (C=O) groups is 2. The first-order valence-electron chi connectivity index (χ1n) is 7.98. The second kappa shape index (κ2) is 8.05. The highest BCUT2D eigenvalue weighted by atomic mass is 32.2. The van der Waals surface area contributed by atoms with Crippen LogP contribution < -0.4 is 5.32 Å². The van der Waals surface area contributed by atoms with Crippen molar-refractivity contribution in [2.24, 2.45) is 0 Å². The van der Waals surface area contributed by atoms with Crippen LogP contribution in [-0.2, 0) is 19.6 Å². The van der Waals surface area contributed by atoms with Crippen LogP contribution in [-0.4, -0.2) is 40.4 Å². The highest BCUT2D eigenvalue weighted by Crippen LogP contribution is 2.17. The SMILES string of the molecule is CC(=O)NC(CC#Cc1ncn(S(=O)(=O)c2ccc(C)cc2)c1C)C(=O)O. The molecule has 2 N–H and O–H groups in total. The topological polar surface area (TPSA) is 118 Å². The molecule has 8 nitrogen and oxygen atoms in total. The average molecular weight is 389 g/mol. The van der Waals surface area contributed by atoms with E-state index >= 15 is 0 Å². The molecule has 0 bridgehead atoms. The molecule has 142 valence electrons. The van der Waals surface area contributed by atoms with E-state index in [9.17, 15) is 18.0 Å². The molecule has 0 radical (unpaired) electrons. The quantitative estimate of drug-likeness (QED) is 0.739. The lowest BCUT2D eigenvalue weighted by molar-refractivity contribution is -0.141. The number of carboxylic acids is 1. The van der Waals surface area contributed by atoms with E-state index in [0.29, 0.717) is 5.69 Å². The Bertz CT molecular complexity index is 1030. The monoisotopic (exact) mass is 389 g/mol. The smallest absolute Gasteiger partial charge is 0.327 e. The van der Waals surface area contributed by atoms with E-state index in [4.69, 9.17) is 5.11 Å². The number of imidazole rings is 1. The van der Waals surface area contributed by atoms with Crippen LogP contribution in [0.2, 0.25) is 0 Å². The van der Waals surface area contributed by atoms with Crippen molar-refractivity contribution in [2.45, 2.75) is 38.1 Å². The minimum absolute atomic E-state index is 0.129. The van der Waals surface area contributed by atoms with Gasteiger partial charge < -0.3 is 10.4 Å². The van der Waals surface area contributed by atoms with Gasteiger partial charge in [-0.15, -0.1) is 0 Å². The normalized spacial score (nSPS) is 12.0. The van der Waals surface area contributed by atoms with Crippen LogP contribution in [0.1, 0.15) is 30.3 Å². The molecule has 1 aromatic carbocycles. The second-order valence-electron chi connectivity index (χ2n) is 5.89. The molecule has 0 aliphatic carbocycles. The maximum atomic E-state index is 12.7. The number of amides is 1. The molecule has 1 aromatic heterocycles. The molecule has 2 aromatic rings. The van der Waals surface area contributed by atoms with Crippen molar-refractivity contribution in [1.29, 1.82) is 0 Å². The van der Waals surface area contributed by atoms with Gasteiger partial charge in [-0.05, 0) is 31.9 Å². The molecule has 9 heteroatoms. The molecule has 27 heavy (non-hydrogen) atoms. The van der Waals surface area contributed by atoms with Crippen LogP contribution >= 0.6 is 0 Å². The summed E-state index contributed by atoms with van der Waals surface area (Å²) in [7, 11) is -3.80. The highest BCUT2D eigenvalue weighted by molar-refractivity contribution is 7.90. The Morgan fingerprint density at radius 2 is 1.89 bits per heavy atom. The summed E-state index contributed by atoms with van der Waals surface area (Å²) in [5, 5.41) is 11.3. The van der Waals surface area contributed by atoms with Gasteiger partial charge in [0.2, 0.25) is 5.91 Å². The number of carbonyl (C=O) groups excluding carboxylic acids is 1. The van der Waals surface area contributed by atoms with Gasteiger partial charge in [0.25, 0.3) is 10.0 Å². The molecular weight excluding hydrogens is 370 g/mol. The Labute approximate surface area is 157 Å². The molecule has 0 saturated carbocycles. The predicted molar refractivity (Wildman–Crippen MR) is 97.5 cm³/mol. The van der Waals surface area contributed by atoms with Gasteiger partial charge in [0.1, 0.15) is 18.1 Å². The van der Waals surface area contributed by atoms with Gasteiger partial charge in [0.05, 0.1) is 10.6 Å². The van der Waals surface area contributed by atoms with Gasteiger partial charge in [-0.1, -0.05) is 23.6 Å². The third kappa shape index (κ3) is 4.74. The van der Waals surface area contributed by atoms with Gasteiger partial charge in [-0.3, -0.25) is 4.79 Å². The second-order valence-corrected chi connectivity index (χ2v) is 7.70. The summed E-state index contributed by atoms with van der Waals surface area (Å²) in [6, 6.07) is 5.29. The van der Waals surface area contributed by atoms with E-state index in [1.165, 1.54) is 19.1 Å². The zero-order valence-corrected chi connectivity index (χ0v) is 15.9. The lowest BCUT2D eigenvalue weighted by atomic mass is 10.2. The molecule has 1 amide bonds. The van der Waals surface area contributed by atoms with E-state index in [1.54, 1.807) is 19.1 Å². The molecule has 0 aliphatic heterocycles. The number of nitrogens with one attached hydrogen (secondary N) is 1. The fourth-order valence-corrected chi connectivity index (χ4v) is 3.59. The predicted octanol–water partition coefficient (Wildman–Crippen LogP) is 1.07. The first-order valence-corrected chi connectivity index (χ1v) is 9.42. The fourth-order valence-electron chi connectivity index (χ4n) is 2.27. The molecule has 0 spiro atoms. The van der Waals surface area contributed by atoms with Crippen molar-refractivity contribution in [3.8, 4) is 11.8 Å². The molecule has 0 saturated heterocycles.